The van der Waals surface area contributed by atoms with Crippen LogP contribution in [0.3, 0.4) is 0 Å². The van der Waals surface area contributed by atoms with Gasteiger partial charge < -0.3 is 9.88 Å². The fourth-order valence-corrected chi connectivity index (χ4v) is 4.06. The number of alkyl halides is 3. The Kier molecular flexibility index (Phi) is 5.41. The van der Waals surface area contributed by atoms with Crippen LogP contribution >= 0.6 is 0 Å². The van der Waals surface area contributed by atoms with Gasteiger partial charge >= 0.3 is 6.18 Å². The van der Waals surface area contributed by atoms with Gasteiger partial charge in [-0.2, -0.15) is 13.2 Å². The molecule has 29 heavy (non-hydrogen) atoms. The second-order valence-corrected chi connectivity index (χ2v) is 7.48. The average Bonchev–Trinajstić information content (AvgIpc) is 3.11. The Morgan fingerprint density at radius 3 is 2.66 bits per heavy atom. The molecule has 2 heterocycles. The van der Waals surface area contributed by atoms with Gasteiger partial charge in [-0.3, -0.25) is 4.79 Å². The zero-order chi connectivity index (χ0) is 20.4. The molecule has 1 saturated heterocycles. The second-order valence-electron chi connectivity index (χ2n) is 7.48. The fourth-order valence-electron chi connectivity index (χ4n) is 4.06. The monoisotopic (exact) mass is 401 g/mol. The maximum Gasteiger partial charge on any atom is 0.417 e. The summed E-state index contributed by atoms with van der Waals surface area (Å²) in [5.41, 5.74) is 0.945. The van der Waals surface area contributed by atoms with Gasteiger partial charge in [-0.25, -0.2) is 4.98 Å². The first kappa shape index (κ1) is 19.6. The largest absolute Gasteiger partial charge is 0.417 e. The first-order valence-electron chi connectivity index (χ1n) is 9.79. The molecule has 0 radical (unpaired) electrons. The van der Waals surface area contributed by atoms with Gasteiger partial charge in [-0.15, -0.1) is 0 Å². The lowest BCUT2D eigenvalue weighted by Crippen LogP contribution is -2.36. The van der Waals surface area contributed by atoms with Crippen LogP contribution in [0.25, 0.3) is 22.2 Å². The Balaban J connectivity index is 1.69. The lowest BCUT2D eigenvalue weighted by molar-refractivity contribution is -0.137. The van der Waals surface area contributed by atoms with Gasteiger partial charge in [0.2, 0.25) is 0 Å². The molecular formula is C22H22F3N3O. The number of halogens is 3. The third kappa shape index (κ3) is 4.19. The number of hydrogen-bond acceptors (Lipinski definition) is 3. The Morgan fingerprint density at radius 1 is 1.10 bits per heavy atom. The minimum atomic E-state index is -4.47. The van der Waals surface area contributed by atoms with Crippen molar-refractivity contribution in [1.29, 1.82) is 0 Å². The number of para-hydroxylation sites is 1. The van der Waals surface area contributed by atoms with Crippen molar-refractivity contribution in [3.05, 3.63) is 54.4 Å². The van der Waals surface area contributed by atoms with E-state index in [4.69, 9.17) is 0 Å². The summed E-state index contributed by atoms with van der Waals surface area (Å²) in [7, 11) is 0. The maximum absolute atomic E-state index is 13.5. The van der Waals surface area contributed by atoms with Crippen molar-refractivity contribution < 1.29 is 18.0 Å². The molecule has 0 unspecified atom stereocenters. The van der Waals surface area contributed by atoms with Crippen LogP contribution in [0.2, 0.25) is 0 Å². The molecule has 4 rings (SSSR count). The molecule has 152 valence electrons. The number of nitrogens with one attached hydrogen (secondary N) is 1. The van der Waals surface area contributed by atoms with Gasteiger partial charge in [0.05, 0.1) is 29.5 Å². The van der Waals surface area contributed by atoms with Crippen molar-refractivity contribution >= 4 is 16.8 Å². The highest BCUT2D eigenvalue weighted by molar-refractivity contribution is 5.94. The van der Waals surface area contributed by atoms with E-state index in [2.05, 4.69) is 10.3 Å². The molecule has 0 saturated carbocycles. The van der Waals surface area contributed by atoms with E-state index >= 15 is 0 Å². The summed E-state index contributed by atoms with van der Waals surface area (Å²) in [5, 5.41) is 3.36. The summed E-state index contributed by atoms with van der Waals surface area (Å²) >= 11 is 0. The van der Waals surface area contributed by atoms with Crippen LogP contribution in [0.4, 0.5) is 13.2 Å². The van der Waals surface area contributed by atoms with E-state index in [1.54, 1.807) is 28.8 Å². The smallest absolute Gasteiger partial charge is 0.323 e. The van der Waals surface area contributed by atoms with E-state index < -0.39 is 11.7 Å². The quantitative estimate of drug-likeness (QED) is 0.667. The van der Waals surface area contributed by atoms with E-state index in [0.717, 1.165) is 31.9 Å². The molecule has 1 N–H and O–H groups in total. The highest BCUT2D eigenvalue weighted by atomic mass is 19.4. The van der Waals surface area contributed by atoms with Crippen molar-refractivity contribution in [2.75, 3.05) is 6.54 Å². The van der Waals surface area contributed by atoms with E-state index in [1.165, 1.54) is 18.5 Å². The number of Topliss-reactive ketones (excluding diaryl/α,β-unsaturated/α-hetero) is 1. The molecular weight excluding hydrogens is 379 g/mol. The van der Waals surface area contributed by atoms with Crippen LogP contribution in [0, 0.1) is 0 Å². The van der Waals surface area contributed by atoms with Crippen molar-refractivity contribution in [2.45, 2.75) is 44.4 Å². The highest BCUT2D eigenvalue weighted by Gasteiger charge is 2.34. The molecule has 1 aliphatic heterocycles. The maximum atomic E-state index is 13.5. The Morgan fingerprint density at radius 2 is 1.90 bits per heavy atom. The van der Waals surface area contributed by atoms with E-state index in [9.17, 15) is 18.0 Å². The number of ketones is 1. The van der Waals surface area contributed by atoms with Crippen LogP contribution in [0.5, 0.6) is 0 Å². The molecule has 0 amide bonds. The predicted molar refractivity (Wildman–Crippen MR) is 105 cm³/mol. The average molecular weight is 401 g/mol. The Labute approximate surface area is 166 Å². The number of carbonyl (C=O) groups is 1. The number of nitrogens with zero attached hydrogens (tertiary/aromatic N) is 2. The zero-order valence-electron chi connectivity index (χ0n) is 15.9. The van der Waals surface area contributed by atoms with Crippen molar-refractivity contribution in [3.63, 3.8) is 0 Å². The summed E-state index contributed by atoms with van der Waals surface area (Å²) in [6.07, 6.45) is 0.695. The van der Waals surface area contributed by atoms with Crippen LogP contribution in [0.15, 0.2) is 48.8 Å². The molecule has 1 aliphatic rings. The number of benzene rings is 2. The Hall–Kier alpha value is -2.67. The summed E-state index contributed by atoms with van der Waals surface area (Å²) < 4.78 is 42.3. The number of rotatable bonds is 5. The van der Waals surface area contributed by atoms with Crippen molar-refractivity contribution in [3.8, 4) is 11.1 Å². The number of aromatic nitrogens is 2. The van der Waals surface area contributed by atoms with Crippen molar-refractivity contribution in [2.24, 2.45) is 0 Å². The van der Waals surface area contributed by atoms with Crippen LogP contribution in [-0.2, 0) is 17.5 Å². The van der Waals surface area contributed by atoms with Crippen molar-refractivity contribution in [1.82, 2.24) is 14.9 Å². The third-order valence-electron chi connectivity index (χ3n) is 5.39. The van der Waals surface area contributed by atoms with E-state index in [0.29, 0.717) is 23.0 Å². The van der Waals surface area contributed by atoms with E-state index in [1.807, 2.05) is 0 Å². The first-order valence-corrected chi connectivity index (χ1v) is 9.79. The van der Waals surface area contributed by atoms with Gasteiger partial charge in [0.15, 0.2) is 5.78 Å². The Bertz CT molecular complexity index is 1020. The van der Waals surface area contributed by atoms with Crippen LogP contribution in [-0.4, -0.2) is 27.9 Å². The standard InChI is InChI=1S/C22H22F3N3O/c23-22(24,25)19-9-2-1-7-17(19)18-8-5-10-20-21(18)28(14-27-20)13-16(29)12-15-6-3-4-11-26-15/h1-2,5,7-10,14-15,26H,3-4,6,11-13H2/t15-/m0/s1. The number of fused-ring (bicyclic) bond motifs is 1. The summed E-state index contributed by atoms with van der Waals surface area (Å²) in [5.74, 6) is 0.0441. The molecule has 1 fully saturated rings. The number of imidazole rings is 1. The molecule has 1 atom stereocenters. The molecule has 0 aliphatic carbocycles. The second kappa shape index (κ2) is 7.99. The van der Waals surface area contributed by atoms with Crippen LogP contribution in [0.1, 0.15) is 31.2 Å². The van der Waals surface area contributed by atoms with Gasteiger partial charge in [0.25, 0.3) is 0 Å². The minimum absolute atomic E-state index is 0.0441. The lowest BCUT2D eigenvalue weighted by Gasteiger charge is -2.22. The SMILES string of the molecule is O=C(C[C@@H]1CCCCN1)Cn1cnc2cccc(-c3ccccc3C(F)(F)F)c21. The number of hydrogen-bond donors (Lipinski definition) is 1. The van der Waals surface area contributed by atoms with Gasteiger partial charge in [-0.05, 0) is 37.1 Å². The number of carbonyl (C=O) groups excluding carboxylic acids is 1. The van der Waals surface area contributed by atoms with Gasteiger partial charge in [0, 0.05) is 18.0 Å². The number of piperidine rings is 1. The molecule has 7 heteroatoms. The zero-order valence-corrected chi connectivity index (χ0v) is 15.9. The lowest BCUT2D eigenvalue weighted by atomic mass is 9.97. The highest BCUT2D eigenvalue weighted by Crippen LogP contribution is 2.39. The van der Waals surface area contributed by atoms with Gasteiger partial charge in [-0.1, -0.05) is 36.8 Å². The molecule has 4 nitrogen and oxygen atoms in total. The molecule has 3 aromatic rings. The summed E-state index contributed by atoms with van der Waals surface area (Å²) in [4.78, 5) is 16.9. The molecule has 0 spiro atoms. The van der Waals surface area contributed by atoms with Gasteiger partial charge in [0.1, 0.15) is 0 Å². The summed E-state index contributed by atoms with van der Waals surface area (Å²) in [6, 6.07) is 10.8. The topological polar surface area (TPSA) is 46.9 Å². The molecule has 1 aromatic heterocycles. The minimum Gasteiger partial charge on any atom is -0.323 e. The van der Waals surface area contributed by atoms with E-state index in [-0.39, 0.29) is 23.9 Å². The van der Waals surface area contributed by atoms with Crippen LogP contribution < -0.4 is 5.32 Å². The molecule has 2 aromatic carbocycles. The summed E-state index contributed by atoms with van der Waals surface area (Å²) in [6.45, 7) is 1.02. The fraction of sp³-hybridized carbons (Fsp3) is 0.364. The third-order valence-corrected chi connectivity index (χ3v) is 5.39. The predicted octanol–water partition coefficient (Wildman–Crippen LogP) is 4.82. The normalized spacial score (nSPS) is 17.6. The first-order chi connectivity index (χ1) is 13.9. The molecule has 0 bridgehead atoms.